The molecule has 0 radical (unpaired) electrons. The van der Waals surface area contributed by atoms with E-state index >= 15 is 0 Å². The van der Waals surface area contributed by atoms with Gasteiger partial charge in [0.2, 0.25) is 0 Å². The Morgan fingerprint density at radius 3 is 2.55 bits per heavy atom. The molecule has 0 aromatic rings. The van der Waals surface area contributed by atoms with Crippen LogP contribution in [0.4, 0.5) is 0 Å². The highest BCUT2D eigenvalue weighted by molar-refractivity contribution is 5.74. The second-order valence-corrected chi connectivity index (χ2v) is 7.83. The fourth-order valence-electron chi connectivity index (χ4n) is 5.93. The van der Waals surface area contributed by atoms with Crippen LogP contribution in [0.25, 0.3) is 0 Å². The number of hydrogen-bond acceptors (Lipinski definition) is 2. The standard InChI is InChI=1S/C17H27NO2/c19-17(20)16-9-13-3-1-2-4-15(13)18(16)10-14-8-11-5-6-12(14)7-11/h11-16H,1-10H2,(H,19,20). The van der Waals surface area contributed by atoms with Crippen LogP contribution in [0, 0.1) is 23.7 Å². The summed E-state index contributed by atoms with van der Waals surface area (Å²) in [6, 6.07) is 0.409. The van der Waals surface area contributed by atoms with E-state index in [2.05, 4.69) is 4.90 Å². The Labute approximate surface area is 121 Å². The molecule has 3 heteroatoms. The smallest absolute Gasteiger partial charge is 0.320 e. The SMILES string of the molecule is O=C(O)C1CC2CCCCC2N1CC1CC2CCC1C2. The van der Waals surface area contributed by atoms with Crippen LogP contribution in [0.5, 0.6) is 0 Å². The van der Waals surface area contributed by atoms with E-state index in [-0.39, 0.29) is 6.04 Å². The summed E-state index contributed by atoms with van der Waals surface area (Å²) in [5.41, 5.74) is 0. The summed E-state index contributed by atoms with van der Waals surface area (Å²) in [4.78, 5) is 14.1. The summed E-state index contributed by atoms with van der Waals surface area (Å²) >= 11 is 0. The van der Waals surface area contributed by atoms with Crippen LogP contribution in [-0.4, -0.2) is 34.6 Å². The van der Waals surface area contributed by atoms with Crippen LogP contribution in [0.2, 0.25) is 0 Å². The highest BCUT2D eigenvalue weighted by Gasteiger charge is 2.48. The molecule has 0 spiro atoms. The largest absolute Gasteiger partial charge is 0.480 e. The molecule has 4 rings (SSSR count). The van der Waals surface area contributed by atoms with E-state index in [1.54, 1.807) is 0 Å². The van der Waals surface area contributed by atoms with Crippen molar-refractivity contribution in [3.05, 3.63) is 0 Å². The number of carbonyl (C=O) groups is 1. The Kier molecular flexibility index (Phi) is 3.29. The van der Waals surface area contributed by atoms with Crippen molar-refractivity contribution in [3.8, 4) is 0 Å². The monoisotopic (exact) mass is 277 g/mol. The predicted octanol–water partition coefficient (Wildman–Crippen LogP) is 3.14. The lowest BCUT2D eigenvalue weighted by Crippen LogP contribution is -2.45. The molecule has 3 aliphatic carbocycles. The van der Waals surface area contributed by atoms with E-state index in [0.717, 1.165) is 30.7 Å². The lowest BCUT2D eigenvalue weighted by atomic mass is 9.84. The third-order valence-corrected chi connectivity index (χ3v) is 6.84. The van der Waals surface area contributed by atoms with Gasteiger partial charge in [-0.3, -0.25) is 9.69 Å². The first kappa shape index (κ1) is 13.1. The fourth-order valence-corrected chi connectivity index (χ4v) is 5.93. The normalized spacial score (nSPS) is 47.6. The van der Waals surface area contributed by atoms with E-state index in [1.165, 1.54) is 51.4 Å². The number of nitrogens with zero attached hydrogens (tertiary/aromatic N) is 1. The predicted molar refractivity (Wildman–Crippen MR) is 77.4 cm³/mol. The summed E-state index contributed by atoms with van der Waals surface area (Å²) in [6.45, 7) is 1.08. The van der Waals surface area contributed by atoms with Gasteiger partial charge in [-0.2, -0.15) is 0 Å². The van der Waals surface area contributed by atoms with Crippen molar-refractivity contribution in [2.24, 2.45) is 23.7 Å². The third kappa shape index (κ3) is 2.09. The molecular formula is C17H27NO2. The molecule has 4 fully saturated rings. The number of likely N-dealkylation sites (tertiary alicyclic amines) is 1. The molecule has 0 aromatic heterocycles. The molecular weight excluding hydrogens is 250 g/mol. The lowest BCUT2D eigenvalue weighted by Gasteiger charge is -2.36. The zero-order valence-corrected chi connectivity index (χ0v) is 12.3. The summed E-state index contributed by atoms with van der Waals surface area (Å²) < 4.78 is 0. The second-order valence-electron chi connectivity index (χ2n) is 7.83. The zero-order valence-electron chi connectivity index (χ0n) is 12.3. The van der Waals surface area contributed by atoms with E-state index in [4.69, 9.17) is 0 Å². The molecule has 112 valence electrons. The van der Waals surface area contributed by atoms with Crippen LogP contribution in [0.15, 0.2) is 0 Å². The van der Waals surface area contributed by atoms with Gasteiger partial charge in [-0.05, 0) is 62.2 Å². The topological polar surface area (TPSA) is 40.5 Å². The van der Waals surface area contributed by atoms with E-state index in [0.29, 0.717) is 12.0 Å². The molecule has 20 heavy (non-hydrogen) atoms. The first-order valence-corrected chi connectivity index (χ1v) is 8.71. The van der Waals surface area contributed by atoms with Gasteiger partial charge < -0.3 is 5.11 Å². The molecule has 1 heterocycles. The maximum Gasteiger partial charge on any atom is 0.320 e. The number of rotatable bonds is 3. The quantitative estimate of drug-likeness (QED) is 0.861. The molecule has 1 N–H and O–H groups in total. The first-order valence-electron chi connectivity index (χ1n) is 8.71. The maximum atomic E-state index is 11.6. The number of fused-ring (bicyclic) bond motifs is 3. The average Bonchev–Trinajstić information content (AvgIpc) is 3.13. The molecule has 4 aliphatic rings. The van der Waals surface area contributed by atoms with Crippen LogP contribution < -0.4 is 0 Å². The molecule has 2 bridgehead atoms. The van der Waals surface area contributed by atoms with Crippen molar-refractivity contribution in [2.75, 3.05) is 6.54 Å². The minimum atomic E-state index is -0.567. The van der Waals surface area contributed by atoms with Crippen molar-refractivity contribution < 1.29 is 9.90 Å². The van der Waals surface area contributed by atoms with E-state index in [9.17, 15) is 9.90 Å². The van der Waals surface area contributed by atoms with Gasteiger partial charge in [0.15, 0.2) is 0 Å². The zero-order chi connectivity index (χ0) is 13.7. The summed E-state index contributed by atoms with van der Waals surface area (Å²) in [7, 11) is 0. The van der Waals surface area contributed by atoms with Gasteiger partial charge in [0, 0.05) is 12.6 Å². The average molecular weight is 277 g/mol. The second kappa shape index (κ2) is 5.01. The molecule has 0 amide bonds. The Balaban J connectivity index is 1.49. The minimum Gasteiger partial charge on any atom is -0.480 e. The Bertz CT molecular complexity index is 396. The van der Waals surface area contributed by atoms with E-state index < -0.39 is 5.97 Å². The van der Waals surface area contributed by atoms with Crippen molar-refractivity contribution in [1.82, 2.24) is 4.90 Å². The molecule has 1 saturated heterocycles. The van der Waals surface area contributed by atoms with Gasteiger partial charge >= 0.3 is 5.97 Å². The number of aliphatic carboxylic acids is 1. The summed E-state index contributed by atoms with van der Waals surface area (Å²) in [5.74, 6) is 2.79. The van der Waals surface area contributed by atoms with Crippen LogP contribution in [0.3, 0.4) is 0 Å². The Morgan fingerprint density at radius 1 is 1.00 bits per heavy atom. The summed E-state index contributed by atoms with van der Waals surface area (Å²) in [6.07, 6.45) is 11.7. The molecule has 6 atom stereocenters. The van der Waals surface area contributed by atoms with Gasteiger partial charge in [0.05, 0.1) is 0 Å². The van der Waals surface area contributed by atoms with Gasteiger partial charge in [0.25, 0.3) is 0 Å². The van der Waals surface area contributed by atoms with Gasteiger partial charge in [-0.25, -0.2) is 0 Å². The number of carboxylic acids is 1. The number of hydrogen-bond donors (Lipinski definition) is 1. The molecule has 3 saturated carbocycles. The van der Waals surface area contributed by atoms with Crippen molar-refractivity contribution in [1.29, 1.82) is 0 Å². The highest BCUT2D eigenvalue weighted by Crippen LogP contribution is 2.50. The Hall–Kier alpha value is -0.570. The van der Waals surface area contributed by atoms with Gasteiger partial charge in [-0.1, -0.05) is 19.3 Å². The summed E-state index contributed by atoms with van der Waals surface area (Å²) in [5, 5.41) is 9.59. The van der Waals surface area contributed by atoms with Crippen LogP contribution in [-0.2, 0) is 4.79 Å². The number of carboxylic acid groups (broad SMARTS) is 1. The van der Waals surface area contributed by atoms with Crippen molar-refractivity contribution in [2.45, 2.75) is 69.9 Å². The van der Waals surface area contributed by atoms with Crippen molar-refractivity contribution in [3.63, 3.8) is 0 Å². The van der Waals surface area contributed by atoms with Crippen LogP contribution >= 0.6 is 0 Å². The lowest BCUT2D eigenvalue weighted by molar-refractivity contribution is -0.143. The fraction of sp³-hybridized carbons (Fsp3) is 0.941. The van der Waals surface area contributed by atoms with Gasteiger partial charge in [-0.15, -0.1) is 0 Å². The van der Waals surface area contributed by atoms with Crippen molar-refractivity contribution >= 4 is 5.97 Å². The minimum absolute atomic E-state index is 0.178. The van der Waals surface area contributed by atoms with Crippen LogP contribution in [0.1, 0.15) is 57.8 Å². The first-order chi connectivity index (χ1) is 9.72. The molecule has 6 unspecified atom stereocenters. The molecule has 1 aliphatic heterocycles. The molecule has 0 aromatic carbocycles. The maximum absolute atomic E-state index is 11.6. The highest BCUT2D eigenvalue weighted by atomic mass is 16.4. The van der Waals surface area contributed by atoms with Gasteiger partial charge in [0.1, 0.15) is 6.04 Å². The van der Waals surface area contributed by atoms with E-state index in [1.807, 2.05) is 0 Å². The third-order valence-electron chi connectivity index (χ3n) is 6.84. The Morgan fingerprint density at radius 2 is 1.85 bits per heavy atom. The molecule has 3 nitrogen and oxygen atoms in total.